The molecule has 462 valence electrons. The zero-order valence-electron chi connectivity index (χ0n) is 49.2. The molecular weight excluding hydrogens is 1190 g/mol. The number of nitrogens with two attached hydrogens (primary N) is 1. The summed E-state index contributed by atoms with van der Waals surface area (Å²) < 4.78 is 21.0. The van der Waals surface area contributed by atoms with Gasteiger partial charge in [-0.15, -0.1) is 0 Å². The zero-order valence-corrected chi connectivity index (χ0v) is 49.9. The molecule has 2 aliphatic heterocycles. The number of nitrogen functional groups attached to an aromatic ring is 1. The van der Waals surface area contributed by atoms with Crippen LogP contribution in [0.15, 0.2) is 164 Å². The number of rotatable bonds is 11. The highest BCUT2D eigenvalue weighted by molar-refractivity contribution is 6.63. The van der Waals surface area contributed by atoms with Crippen LogP contribution < -0.4 is 35.3 Å². The van der Waals surface area contributed by atoms with E-state index in [0.717, 1.165) is 38.9 Å². The quantitative estimate of drug-likeness (QED) is 0.0405. The van der Waals surface area contributed by atoms with Gasteiger partial charge in [0.1, 0.15) is 17.5 Å². The number of ether oxygens (including phenoxy) is 4. The van der Waals surface area contributed by atoms with E-state index in [1.807, 2.05) is 63.2 Å². The van der Waals surface area contributed by atoms with Gasteiger partial charge in [0.2, 0.25) is 30.6 Å². The van der Waals surface area contributed by atoms with Gasteiger partial charge in [0.05, 0.1) is 45.7 Å². The summed E-state index contributed by atoms with van der Waals surface area (Å²) in [6.45, 7) is 7.54. The van der Waals surface area contributed by atoms with Crippen LogP contribution in [0.2, 0.25) is 0 Å². The van der Waals surface area contributed by atoms with Gasteiger partial charge in [0.15, 0.2) is 63.5 Å². The second kappa shape index (κ2) is 26.7. The Morgan fingerprint density at radius 3 is 1.49 bits per heavy atom. The zero-order chi connectivity index (χ0) is 64.4. The number of anilines is 3. The molecule has 92 heavy (non-hydrogen) atoms. The van der Waals surface area contributed by atoms with Crippen LogP contribution in [0.1, 0.15) is 120 Å². The fourth-order valence-electron chi connectivity index (χ4n) is 11.0. The van der Waals surface area contributed by atoms with E-state index in [0.29, 0.717) is 62.3 Å². The van der Waals surface area contributed by atoms with Gasteiger partial charge in [-0.3, -0.25) is 53.0 Å². The van der Waals surface area contributed by atoms with Crippen LogP contribution in [0.3, 0.4) is 0 Å². The molecule has 0 saturated carbocycles. The molecule has 1 aromatic heterocycles. The highest BCUT2D eigenvalue weighted by atomic mass is 35.5. The summed E-state index contributed by atoms with van der Waals surface area (Å²) in [6, 6.07) is 47.0. The number of carbonyl (C=O) groups is 10. The number of aromatic amines is 1. The topological polar surface area (TPSA) is 286 Å². The number of fused-ring (bicyclic) bond motifs is 7. The third kappa shape index (κ3) is 12.9. The van der Waals surface area contributed by atoms with Crippen LogP contribution in [-0.4, -0.2) is 81.3 Å². The van der Waals surface area contributed by atoms with Crippen LogP contribution in [0.4, 0.5) is 17.1 Å². The van der Waals surface area contributed by atoms with Gasteiger partial charge in [-0.2, -0.15) is 5.10 Å². The largest absolute Gasteiger partial charge is 0.454 e. The first-order valence-electron chi connectivity index (χ1n) is 28.5. The summed E-state index contributed by atoms with van der Waals surface area (Å²) in [4.78, 5) is 123. The minimum Gasteiger partial charge on any atom is -0.454 e. The number of ketones is 7. The Labute approximate surface area is 532 Å². The van der Waals surface area contributed by atoms with E-state index in [1.165, 1.54) is 19.1 Å². The van der Waals surface area contributed by atoms with Crippen molar-refractivity contribution in [3.63, 3.8) is 0 Å². The van der Waals surface area contributed by atoms with Gasteiger partial charge in [-0.05, 0) is 86.0 Å². The van der Waals surface area contributed by atoms with Crippen molar-refractivity contribution in [1.29, 1.82) is 0 Å². The molecular formula is C72H58ClN5O14. The molecule has 0 spiro atoms. The Hall–Kier alpha value is -11.4. The predicted molar refractivity (Wildman–Crippen MR) is 343 cm³/mol. The van der Waals surface area contributed by atoms with E-state index >= 15 is 0 Å². The van der Waals surface area contributed by atoms with Gasteiger partial charge in [0.25, 0.3) is 0 Å². The van der Waals surface area contributed by atoms with Crippen molar-refractivity contribution < 1.29 is 66.9 Å². The minimum atomic E-state index is -1.38. The van der Waals surface area contributed by atoms with E-state index < -0.39 is 46.5 Å². The van der Waals surface area contributed by atoms with Crippen molar-refractivity contribution in [3.8, 4) is 45.5 Å². The molecule has 2 amide bonds. The fourth-order valence-corrected chi connectivity index (χ4v) is 11.2. The number of aryl methyl sites for hydroxylation is 3. The van der Waals surface area contributed by atoms with Crippen LogP contribution in [0.5, 0.6) is 23.0 Å². The molecule has 5 N–H and O–H groups in total. The number of nitrogens with one attached hydrogen (secondary N) is 3. The van der Waals surface area contributed by atoms with Crippen LogP contribution >= 0.6 is 11.6 Å². The fraction of sp³-hybridized carbons (Fsp3) is 0.153. The lowest BCUT2D eigenvalue weighted by Crippen LogP contribution is -2.25. The van der Waals surface area contributed by atoms with E-state index in [2.05, 4.69) is 20.8 Å². The summed E-state index contributed by atoms with van der Waals surface area (Å²) >= 11 is 5.25. The SMILES string of the molecule is C.CC(=O)Nc1cccc2c1C(=O)C(C(=O)c1ccc(C)cc1)C2=O.Cc1ccc(-c2n[nH]c3c2C(=O)c2c(NC(=O)Cc4ccc5c(c4)OCO5)cccc2-3)cc1.Cc1ccc(C(=O)C2C(=O)c3cccc(N)c3C2=O)cc1.O=C(Cl)Cc1ccc2c(c1)OCO2. The number of H-pyrrole nitrogens is 1. The number of benzene rings is 8. The van der Waals surface area contributed by atoms with Gasteiger partial charge >= 0.3 is 0 Å². The Balaban J connectivity index is 0.000000140. The molecule has 2 unspecified atom stereocenters. The Morgan fingerprint density at radius 1 is 0.522 bits per heavy atom. The molecule has 8 aromatic carbocycles. The number of amides is 2. The Bertz CT molecular complexity index is 4530. The molecule has 3 heterocycles. The second-order valence-electron chi connectivity index (χ2n) is 21.8. The number of carbonyl (C=O) groups excluding carboxylic acids is 10. The number of nitrogens with zero attached hydrogens (tertiary/aromatic N) is 1. The molecule has 14 rings (SSSR count). The van der Waals surface area contributed by atoms with Gasteiger partial charge in [-0.25, -0.2) is 0 Å². The molecule has 9 aromatic rings. The summed E-state index contributed by atoms with van der Waals surface area (Å²) in [5.41, 5.74) is 16.8. The summed E-state index contributed by atoms with van der Waals surface area (Å²) in [5, 5.41) is 12.5. The van der Waals surface area contributed by atoms with Crippen molar-refractivity contribution in [2.75, 3.05) is 30.0 Å². The third-order valence-corrected chi connectivity index (χ3v) is 15.6. The third-order valence-electron chi connectivity index (χ3n) is 15.5. The van der Waals surface area contributed by atoms with E-state index in [-0.39, 0.29) is 90.3 Å². The monoisotopic (exact) mass is 1250 g/mol. The predicted octanol–water partition coefficient (Wildman–Crippen LogP) is 12.2. The highest BCUT2D eigenvalue weighted by Crippen LogP contribution is 2.44. The summed E-state index contributed by atoms with van der Waals surface area (Å²) in [6.07, 6.45) is 0.369. The van der Waals surface area contributed by atoms with Crippen LogP contribution in [0, 0.1) is 32.6 Å². The number of hydrogen-bond donors (Lipinski definition) is 4. The normalized spacial score (nSPS) is 14.6. The second-order valence-corrected chi connectivity index (χ2v) is 22.3. The first-order chi connectivity index (χ1) is 43.7. The summed E-state index contributed by atoms with van der Waals surface area (Å²) in [7, 11) is 0. The molecule has 3 aliphatic carbocycles. The van der Waals surface area contributed by atoms with Crippen LogP contribution in [0.25, 0.3) is 22.5 Å². The van der Waals surface area contributed by atoms with E-state index in [4.69, 9.17) is 36.3 Å². The number of hydrogen-bond acceptors (Lipinski definition) is 16. The van der Waals surface area contributed by atoms with Crippen molar-refractivity contribution in [1.82, 2.24) is 10.2 Å². The first-order valence-corrected chi connectivity index (χ1v) is 28.9. The average Bonchev–Trinajstić information content (AvgIpc) is 1.61. The van der Waals surface area contributed by atoms with E-state index in [1.54, 1.807) is 109 Å². The lowest BCUT2D eigenvalue weighted by atomic mass is 9.93. The van der Waals surface area contributed by atoms with Crippen molar-refractivity contribution >= 4 is 86.2 Å². The first kappa shape index (κ1) is 63.6. The van der Waals surface area contributed by atoms with Gasteiger partial charge in [0, 0.05) is 52.4 Å². The van der Waals surface area contributed by atoms with Gasteiger partial charge < -0.3 is 35.3 Å². The number of halogens is 1. The van der Waals surface area contributed by atoms with Gasteiger partial charge in [-0.1, -0.05) is 145 Å². The molecule has 0 saturated heterocycles. The molecule has 20 heteroatoms. The maximum Gasteiger partial charge on any atom is 0.231 e. The number of Topliss-reactive ketones (excluding diaryl/α,β-unsaturated/α-hetero) is 6. The lowest BCUT2D eigenvalue weighted by molar-refractivity contribution is -0.116. The number of aromatic nitrogens is 2. The maximum atomic E-state index is 13.5. The Kier molecular flexibility index (Phi) is 18.5. The maximum absolute atomic E-state index is 13.5. The summed E-state index contributed by atoms with van der Waals surface area (Å²) in [5.74, 6) is -3.75. The molecule has 5 aliphatic rings. The van der Waals surface area contributed by atoms with E-state index in [9.17, 15) is 47.9 Å². The molecule has 0 radical (unpaired) electrons. The van der Waals surface area contributed by atoms with Crippen molar-refractivity contribution in [3.05, 3.63) is 236 Å². The molecule has 19 nitrogen and oxygen atoms in total. The lowest BCUT2D eigenvalue weighted by Gasteiger charge is -2.10. The average molecular weight is 1250 g/mol. The smallest absolute Gasteiger partial charge is 0.231 e. The minimum absolute atomic E-state index is 0. The standard InChI is InChI=1S/C26H19N3O4.C19H15NO4.C17H13NO3.C9H7ClO3.CH4/c1-14-5-8-16(9-6-14)24-23-25(29-28-24)17-3-2-4-18(22(17)26(23)31)27-21(30)12-15-7-10-19-20(11-15)33-13-32-19;1-10-6-8-12(9-7-10)17(22)16-18(23)13-4-3-5-14(20-11(2)21)15(13)19(16)24;1-9-5-7-10(8-6-9)15(19)14-16(20)11-3-2-4-12(18)13(11)17(14)21;10-9(11)4-6-1-2-7-8(3-6)13-5-12-7;/h2-11H,12-13H2,1H3,(H,27,30)(H,28,29);3-9,16H,1-2H3,(H,20,21);2-8,14H,18H2,1H3;1-3H,4-5H2;1H4. The highest BCUT2D eigenvalue weighted by Gasteiger charge is 2.46. The molecule has 2 atom stereocenters. The molecule has 0 fully saturated rings. The van der Waals surface area contributed by atoms with Crippen molar-refractivity contribution in [2.24, 2.45) is 11.8 Å². The van der Waals surface area contributed by atoms with Crippen molar-refractivity contribution in [2.45, 2.75) is 48.0 Å². The Morgan fingerprint density at radius 2 is 0.978 bits per heavy atom. The van der Waals surface area contributed by atoms with Crippen LogP contribution in [-0.2, 0) is 27.2 Å². The molecule has 0 bridgehead atoms.